The standard InChI is InChI=1S/C34H34ClN7O2/c35-28-12-10-27(11-13-28)34(44)14-18-39(19-15-34)29-4-3-17-42-32(29)37-30(38-42)24-25-6-8-26(9-7-25)33(43)41-22-20-40(21-23-41)31-5-1-2-16-36-31/h1-13,16-17,44H,14-15,18-24H2. The molecule has 5 heterocycles. The van der Waals surface area contributed by atoms with E-state index in [1.165, 1.54) is 0 Å². The maximum absolute atomic E-state index is 13.2. The molecule has 0 spiro atoms. The number of nitrogens with zero attached hydrogens (tertiary/aromatic N) is 7. The van der Waals surface area contributed by atoms with E-state index in [1.54, 1.807) is 6.20 Å². The number of piperazine rings is 1. The minimum atomic E-state index is -0.869. The fourth-order valence-corrected chi connectivity index (χ4v) is 6.36. The molecule has 9 nitrogen and oxygen atoms in total. The summed E-state index contributed by atoms with van der Waals surface area (Å²) in [6, 6.07) is 25.2. The Morgan fingerprint density at radius 1 is 0.841 bits per heavy atom. The Morgan fingerprint density at radius 2 is 1.59 bits per heavy atom. The first kappa shape index (κ1) is 28.3. The second kappa shape index (κ2) is 11.9. The van der Waals surface area contributed by atoms with Gasteiger partial charge < -0.3 is 19.8 Å². The van der Waals surface area contributed by atoms with Gasteiger partial charge in [0.2, 0.25) is 0 Å². The second-order valence-electron chi connectivity index (χ2n) is 11.6. The molecular formula is C34H34ClN7O2. The molecule has 0 saturated carbocycles. The number of halogens is 1. The van der Waals surface area contributed by atoms with E-state index in [-0.39, 0.29) is 5.91 Å². The molecule has 3 aromatic heterocycles. The summed E-state index contributed by atoms with van der Waals surface area (Å²) in [5.41, 5.74) is 3.58. The lowest BCUT2D eigenvalue weighted by Gasteiger charge is -2.39. The molecule has 0 radical (unpaired) electrons. The smallest absolute Gasteiger partial charge is 0.253 e. The van der Waals surface area contributed by atoms with Crippen molar-refractivity contribution in [3.8, 4) is 0 Å². The SMILES string of the molecule is O=C(c1ccc(Cc2nc3c(N4CCC(O)(c5ccc(Cl)cc5)CC4)cccn3n2)cc1)N1CCN(c2ccccn2)CC1. The number of carbonyl (C=O) groups excluding carboxylic acids is 1. The largest absolute Gasteiger partial charge is 0.385 e. The molecule has 2 aliphatic heterocycles. The Balaban J connectivity index is 0.989. The zero-order chi connectivity index (χ0) is 30.1. The minimum Gasteiger partial charge on any atom is -0.385 e. The first-order valence-corrected chi connectivity index (χ1v) is 15.4. The van der Waals surface area contributed by atoms with Crippen molar-refractivity contribution in [2.24, 2.45) is 0 Å². The van der Waals surface area contributed by atoms with Gasteiger partial charge in [0, 0.05) is 68.7 Å². The van der Waals surface area contributed by atoms with Gasteiger partial charge in [-0.3, -0.25) is 4.79 Å². The zero-order valence-corrected chi connectivity index (χ0v) is 25.1. The molecule has 0 bridgehead atoms. The summed E-state index contributed by atoms with van der Waals surface area (Å²) >= 11 is 6.05. The summed E-state index contributed by atoms with van der Waals surface area (Å²) in [7, 11) is 0. The van der Waals surface area contributed by atoms with Gasteiger partial charge in [-0.05, 0) is 72.5 Å². The van der Waals surface area contributed by atoms with Gasteiger partial charge in [-0.15, -0.1) is 0 Å². The van der Waals surface area contributed by atoms with E-state index >= 15 is 0 Å². The maximum atomic E-state index is 13.2. The van der Waals surface area contributed by atoms with Gasteiger partial charge in [-0.25, -0.2) is 14.5 Å². The highest BCUT2D eigenvalue weighted by Crippen LogP contribution is 2.36. The Bertz CT molecular complexity index is 1740. The average Bonchev–Trinajstić information content (AvgIpc) is 3.49. The number of hydrogen-bond acceptors (Lipinski definition) is 7. The number of aliphatic hydroxyl groups is 1. The van der Waals surface area contributed by atoms with E-state index < -0.39 is 5.60 Å². The number of piperidine rings is 1. The fraction of sp³-hybridized carbons (Fsp3) is 0.294. The summed E-state index contributed by atoms with van der Waals surface area (Å²) in [6.45, 7) is 4.28. The highest BCUT2D eigenvalue weighted by molar-refractivity contribution is 6.30. The van der Waals surface area contributed by atoms with E-state index in [2.05, 4.69) is 20.9 Å². The van der Waals surface area contributed by atoms with Gasteiger partial charge in [-0.1, -0.05) is 41.9 Å². The van der Waals surface area contributed by atoms with Crippen LogP contribution in [0.15, 0.2) is 91.3 Å². The highest BCUT2D eigenvalue weighted by atomic mass is 35.5. The van der Waals surface area contributed by atoms with E-state index in [0.717, 1.165) is 47.2 Å². The van der Waals surface area contributed by atoms with Crippen molar-refractivity contribution in [3.63, 3.8) is 0 Å². The van der Waals surface area contributed by atoms with Crippen LogP contribution in [0.1, 0.15) is 40.2 Å². The molecule has 1 N–H and O–H groups in total. The number of hydrogen-bond donors (Lipinski definition) is 1. The predicted molar refractivity (Wildman–Crippen MR) is 171 cm³/mol. The van der Waals surface area contributed by atoms with Crippen molar-refractivity contribution in [3.05, 3.63) is 119 Å². The normalized spacial score (nSPS) is 16.8. The van der Waals surface area contributed by atoms with Crippen molar-refractivity contribution >= 4 is 34.7 Å². The lowest BCUT2D eigenvalue weighted by molar-refractivity contribution is 0.0118. The molecule has 224 valence electrons. The van der Waals surface area contributed by atoms with E-state index in [4.69, 9.17) is 21.7 Å². The molecule has 2 aliphatic rings. The third kappa shape index (κ3) is 5.73. The molecule has 7 rings (SSSR count). The molecule has 0 aliphatic carbocycles. The average molecular weight is 608 g/mol. The number of amides is 1. The van der Waals surface area contributed by atoms with Crippen LogP contribution in [0.3, 0.4) is 0 Å². The molecule has 44 heavy (non-hydrogen) atoms. The van der Waals surface area contributed by atoms with Crippen molar-refractivity contribution < 1.29 is 9.90 Å². The second-order valence-corrected chi connectivity index (χ2v) is 12.0. The van der Waals surface area contributed by atoms with Gasteiger partial charge in [0.1, 0.15) is 5.82 Å². The summed E-state index contributed by atoms with van der Waals surface area (Å²) < 4.78 is 1.83. The van der Waals surface area contributed by atoms with E-state index in [0.29, 0.717) is 56.0 Å². The van der Waals surface area contributed by atoms with Crippen molar-refractivity contribution in [2.75, 3.05) is 49.1 Å². The molecule has 10 heteroatoms. The number of carbonyl (C=O) groups is 1. The van der Waals surface area contributed by atoms with Crippen LogP contribution in [0.25, 0.3) is 5.65 Å². The van der Waals surface area contributed by atoms with Crippen LogP contribution in [-0.4, -0.2) is 74.8 Å². The number of rotatable bonds is 6. The van der Waals surface area contributed by atoms with Crippen molar-refractivity contribution in [2.45, 2.75) is 24.9 Å². The molecule has 2 aromatic carbocycles. The lowest BCUT2D eigenvalue weighted by Crippen LogP contribution is -2.49. The highest BCUT2D eigenvalue weighted by Gasteiger charge is 2.34. The Morgan fingerprint density at radius 3 is 2.30 bits per heavy atom. The van der Waals surface area contributed by atoms with Gasteiger partial charge in [-0.2, -0.15) is 5.10 Å². The summed E-state index contributed by atoms with van der Waals surface area (Å²) in [4.78, 5) is 28.9. The van der Waals surface area contributed by atoms with Gasteiger partial charge in [0.25, 0.3) is 5.91 Å². The summed E-state index contributed by atoms with van der Waals surface area (Å²) in [5.74, 6) is 1.72. The van der Waals surface area contributed by atoms with Crippen molar-refractivity contribution in [1.82, 2.24) is 24.5 Å². The van der Waals surface area contributed by atoms with Gasteiger partial charge in [0.15, 0.2) is 11.5 Å². The Hall–Kier alpha value is -4.47. The van der Waals surface area contributed by atoms with E-state index in [1.807, 2.05) is 88.4 Å². The monoisotopic (exact) mass is 607 g/mol. The van der Waals surface area contributed by atoms with Crippen LogP contribution in [0.4, 0.5) is 11.5 Å². The predicted octanol–water partition coefficient (Wildman–Crippen LogP) is 4.82. The van der Waals surface area contributed by atoms with Crippen LogP contribution in [0, 0.1) is 0 Å². The first-order valence-electron chi connectivity index (χ1n) is 15.1. The topological polar surface area (TPSA) is 90.1 Å². The Labute approximate surface area is 261 Å². The number of benzene rings is 2. The first-order chi connectivity index (χ1) is 21.4. The molecule has 0 atom stereocenters. The molecule has 1 amide bonds. The third-order valence-electron chi connectivity index (χ3n) is 8.80. The quantitative estimate of drug-likeness (QED) is 0.296. The van der Waals surface area contributed by atoms with Crippen LogP contribution in [0.5, 0.6) is 0 Å². The fourth-order valence-electron chi connectivity index (χ4n) is 6.23. The van der Waals surface area contributed by atoms with Crippen LogP contribution in [-0.2, 0) is 12.0 Å². The van der Waals surface area contributed by atoms with Crippen LogP contribution < -0.4 is 9.80 Å². The summed E-state index contributed by atoms with van der Waals surface area (Å²) in [6.07, 6.45) is 5.50. The van der Waals surface area contributed by atoms with Crippen LogP contribution >= 0.6 is 11.6 Å². The Kier molecular flexibility index (Phi) is 7.66. The molecule has 0 unspecified atom stereocenters. The van der Waals surface area contributed by atoms with Crippen LogP contribution in [0.2, 0.25) is 5.02 Å². The molecule has 2 fully saturated rings. The summed E-state index contributed by atoms with van der Waals surface area (Å²) in [5, 5.41) is 16.7. The maximum Gasteiger partial charge on any atom is 0.253 e. The van der Waals surface area contributed by atoms with Crippen molar-refractivity contribution in [1.29, 1.82) is 0 Å². The number of pyridine rings is 2. The van der Waals surface area contributed by atoms with Gasteiger partial charge in [0.05, 0.1) is 11.3 Å². The third-order valence-corrected chi connectivity index (χ3v) is 9.05. The number of anilines is 2. The lowest BCUT2D eigenvalue weighted by atomic mass is 9.84. The minimum absolute atomic E-state index is 0.0530. The zero-order valence-electron chi connectivity index (χ0n) is 24.4. The number of aromatic nitrogens is 4. The molecule has 2 saturated heterocycles. The molecular weight excluding hydrogens is 574 g/mol. The van der Waals surface area contributed by atoms with E-state index in [9.17, 15) is 9.90 Å². The number of fused-ring (bicyclic) bond motifs is 1. The molecule has 5 aromatic rings. The van der Waals surface area contributed by atoms with Gasteiger partial charge >= 0.3 is 0 Å².